The Morgan fingerprint density at radius 2 is 1.81 bits per heavy atom. The van der Waals surface area contributed by atoms with Crippen LogP contribution in [0.5, 0.6) is 0 Å². The summed E-state index contributed by atoms with van der Waals surface area (Å²) in [6.45, 7) is 1.42. The van der Waals surface area contributed by atoms with Crippen molar-refractivity contribution in [1.29, 1.82) is 0 Å². The lowest BCUT2D eigenvalue weighted by Crippen LogP contribution is -2.27. The van der Waals surface area contributed by atoms with E-state index in [9.17, 15) is 9.18 Å². The van der Waals surface area contributed by atoms with Gasteiger partial charge < -0.3 is 4.90 Å². The van der Waals surface area contributed by atoms with Crippen molar-refractivity contribution in [2.24, 2.45) is 0 Å². The first-order valence-electron chi connectivity index (χ1n) is 5.03. The van der Waals surface area contributed by atoms with Gasteiger partial charge in [-0.1, -0.05) is 23.2 Å². The standard InChI is InChI=1S/C11H10Cl2FNO/c12-8-6-9(13)10(14)5-7(8)11(16)15-3-1-2-4-15/h5-6H,1-4H2. The quantitative estimate of drug-likeness (QED) is 0.710. The Kier molecular flexibility index (Phi) is 3.36. The van der Waals surface area contributed by atoms with E-state index in [2.05, 4.69) is 0 Å². The first-order valence-corrected chi connectivity index (χ1v) is 5.79. The van der Waals surface area contributed by atoms with Crippen LogP contribution in [0.3, 0.4) is 0 Å². The van der Waals surface area contributed by atoms with E-state index in [1.165, 1.54) is 6.07 Å². The van der Waals surface area contributed by atoms with Crippen molar-refractivity contribution in [3.63, 3.8) is 0 Å². The molecular formula is C11H10Cl2FNO. The first kappa shape index (κ1) is 11.7. The molecule has 0 atom stereocenters. The first-order chi connectivity index (χ1) is 7.59. The molecule has 1 saturated heterocycles. The van der Waals surface area contributed by atoms with E-state index in [0.717, 1.165) is 18.9 Å². The van der Waals surface area contributed by atoms with Gasteiger partial charge in [0, 0.05) is 13.1 Å². The molecule has 1 aliphatic heterocycles. The van der Waals surface area contributed by atoms with E-state index in [0.29, 0.717) is 13.1 Å². The number of hydrogen-bond donors (Lipinski definition) is 0. The Bertz CT molecular complexity index is 430. The topological polar surface area (TPSA) is 20.3 Å². The zero-order valence-electron chi connectivity index (χ0n) is 8.47. The Morgan fingerprint density at radius 1 is 1.19 bits per heavy atom. The average molecular weight is 262 g/mol. The molecule has 0 spiro atoms. The predicted molar refractivity (Wildman–Crippen MR) is 61.6 cm³/mol. The van der Waals surface area contributed by atoms with E-state index in [-0.39, 0.29) is 21.5 Å². The minimum atomic E-state index is -0.617. The molecule has 5 heteroatoms. The number of halogens is 3. The van der Waals surface area contributed by atoms with Crippen molar-refractivity contribution in [3.05, 3.63) is 33.6 Å². The molecule has 0 bridgehead atoms. The minimum Gasteiger partial charge on any atom is -0.339 e. The lowest BCUT2D eigenvalue weighted by atomic mass is 10.2. The van der Waals surface area contributed by atoms with Gasteiger partial charge in [0.2, 0.25) is 0 Å². The summed E-state index contributed by atoms with van der Waals surface area (Å²) in [4.78, 5) is 13.6. The highest BCUT2D eigenvalue weighted by molar-refractivity contribution is 6.36. The maximum atomic E-state index is 13.2. The molecule has 1 aromatic carbocycles. The van der Waals surface area contributed by atoms with Crippen LogP contribution < -0.4 is 0 Å². The summed E-state index contributed by atoms with van der Waals surface area (Å²) in [5, 5.41) is 0.131. The summed E-state index contributed by atoms with van der Waals surface area (Å²) in [5.41, 5.74) is 0.186. The number of hydrogen-bond acceptors (Lipinski definition) is 1. The molecule has 0 aromatic heterocycles. The summed E-state index contributed by atoms with van der Waals surface area (Å²) < 4.78 is 13.2. The van der Waals surface area contributed by atoms with Crippen molar-refractivity contribution >= 4 is 29.1 Å². The van der Waals surface area contributed by atoms with E-state index in [1.54, 1.807) is 4.90 Å². The van der Waals surface area contributed by atoms with Gasteiger partial charge in [-0.3, -0.25) is 4.79 Å². The van der Waals surface area contributed by atoms with Gasteiger partial charge in [0.25, 0.3) is 5.91 Å². The van der Waals surface area contributed by atoms with E-state index < -0.39 is 5.82 Å². The van der Waals surface area contributed by atoms with Gasteiger partial charge in [-0.15, -0.1) is 0 Å². The number of rotatable bonds is 1. The van der Waals surface area contributed by atoms with Gasteiger partial charge in [0.15, 0.2) is 0 Å². The molecule has 2 nitrogen and oxygen atoms in total. The lowest BCUT2D eigenvalue weighted by molar-refractivity contribution is 0.0792. The second kappa shape index (κ2) is 4.60. The van der Waals surface area contributed by atoms with Crippen LogP contribution >= 0.6 is 23.2 Å². The van der Waals surface area contributed by atoms with E-state index in [4.69, 9.17) is 23.2 Å². The maximum Gasteiger partial charge on any atom is 0.255 e. The summed E-state index contributed by atoms with van der Waals surface area (Å²) in [5.74, 6) is -0.841. The second-order valence-electron chi connectivity index (χ2n) is 3.75. The van der Waals surface area contributed by atoms with Crippen molar-refractivity contribution in [2.45, 2.75) is 12.8 Å². The fourth-order valence-corrected chi connectivity index (χ4v) is 2.24. The third-order valence-electron chi connectivity index (χ3n) is 2.63. The van der Waals surface area contributed by atoms with Crippen LogP contribution in [0.4, 0.5) is 4.39 Å². The Labute approximate surface area is 103 Å². The van der Waals surface area contributed by atoms with E-state index in [1.807, 2.05) is 0 Å². The summed E-state index contributed by atoms with van der Waals surface area (Å²) >= 11 is 11.4. The SMILES string of the molecule is O=C(c1cc(F)c(Cl)cc1Cl)N1CCCC1. The van der Waals surface area contributed by atoms with Gasteiger partial charge in [-0.2, -0.15) is 0 Å². The molecule has 0 saturated carbocycles. The molecule has 0 radical (unpaired) electrons. The summed E-state index contributed by atoms with van der Waals surface area (Å²) in [7, 11) is 0. The Hall–Kier alpha value is -0.800. The molecule has 2 rings (SSSR count). The van der Waals surface area contributed by atoms with Crippen LogP contribution in [0.2, 0.25) is 10.0 Å². The molecule has 1 fully saturated rings. The number of carbonyl (C=O) groups is 1. The monoisotopic (exact) mass is 261 g/mol. The summed E-state index contributed by atoms with van der Waals surface area (Å²) in [6.07, 6.45) is 1.97. The van der Waals surface area contributed by atoms with Crippen molar-refractivity contribution in [2.75, 3.05) is 13.1 Å². The molecular weight excluding hydrogens is 252 g/mol. The number of likely N-dealkylation sites (tertiary alicyclic amines) is 1. The van der Waals surface area contributed by atoms with Crippen LogP contribution in [-0.4, -0.2) is 23.9 Å². The number of amides is 1. The molecule has 86 valence electrons. The largest absolute Gasteiger partial charge is 0.339 e. The zero-order valence-corrected chi connectivity index (χ0v) is 9.98. The van der Waals surface area contributed by atoms with Crippen molar-refractivity contribution in [3.8, 4) is 0 Å². The highest BCUT2D eigenvalue weighted by Crippen LogP contribution is 2.26. The van der Waals surface area contributed by atoms with Gasteiger partial charge in [0.05, 0.1) is 15.6 Å². The third-order valence-corrected chi connectivity index (χ3v) is 3.24. The minimum absolute atomic E-state index is 0.0667. The normalized spacial score (nSPS) is 15.6. The number of benzene rings is 1. The molecule has 1 amide bonds. The molecule has 0 N–H and O–H groups in total. The fraction of sp³-hybridized carbons (Fsp3) is 0.364. The number of nitrogens with zero attached hydrogens (tertiary/aromatic N) is 1. The van der Waals surface area contributed by atoms with E-state index >= 15 is 0 Å². The number of carbonyl (C=O) groups excluding carboxylic acids is 1. The molecule has 16 heavy (non-hydrogen) atoms. The third kappa shape index (κ3) is 2.15. The Balaban J connectivity index is 2.32. The lowest BCUT2D eigenvalue weighted by Gasteiger charge is -2.16. The van der Waals surface area contributed by atoms with Gasteiger partial charge in [-0.05, 0) is 25.0 Å². The smallest absolute Gasteiger partial charge is 0.255 e. The van der Waals surface area contributed by atoms with Gasteiger partial charge >= 0.3 is 0 Å². The van der Waals surface area contributed by atoms with Crippen molar-refractivity contribution in [1.82, 2.24) is 4.90 Å². The molecule has 1 heterocycles. The highest BCUT2D eigenvalue weighted by atomic mass is 35.5. The van der Waals surface area contributed by atoms with Crippen LogP contribution in [0, 0.1) is 5.82 Å². The molecule has 0 aliphatic carbocycles. The van der Waals surface area contributed by atoms with Gasteiger partial charge in [0.1, 0.15) is 5.82 Å². The van der Waals surface area contributed by atoms with Crippen LogP contribution in [0.25, 0.3) is 0 Å². The fourth-order valence-electron chi connectivity index (χ4n) is 1.78. The van der Waals surface area contributed by atoms with Gasteiger partial charge in [-0.25, -0.2) is 4.39 Å². The highest BCUT2D eigenvalue weighted by Gasteiger charge is 2.22. The maximum absolute atomic E-state index is 13.2. The van der Waals surface area contributed by atoms with Crippen LogP contribution in [0.1, 0.15) is 23.2 Å². The molecule has 1 aliphatic rings. The molecule has 0 unspecified atom stereocenters. The Morgan fingerprint density at radius 3 is 2.44 bits per heavy atom. The van der Waals surface area contributed by atoms with Crippen LogP contribution in [-0.2, 0) is 0 Å². The van der Waals surface area contributed by atoms with Crippen molar-refractivity contribution < 1.29 is 9.18 Å². The van der Waals surface area contributed by atoms with Crippen LogP contribution in [0.15, 0.2) is 12.1 Å². The molecule has 1 aromatic rings. The predicted octanol–water partition coefficient (Wildman–Crippen LogP) is 3.37. The average Bonchev–Trinajstić information content (AvgIpc) is 2.75. The zero-order chi connectivity index (χ0) is 11.7. The second-order valence-corrected chi connectivity index (χ2v) is 4.56. The summed E-state index contributed by atoms with van der Waals surface area (Å²) in [6, 6.07) is 2.37.